The highest BCUT2D eigenvalue weighted by Crippen LogP contribution is 2.10. The standard InChI is InChI=1S/C5H11NS.C2H6.2H2O/c1-5-4-6-2-3-7-5;1-2;;/h5-6H,2-4H2,1H3;1-2H3;2*1H2. The first-order chi connectivity index (χ1) is 4.39. The van der Waals surface area contributed by atoms with Crippen molar-refractivity contribution in [3.63, 3.8) is 0 Å². The molecule has 72 valence electrons. The van der Waals surface area contributed by atoms with Crippen LogP contribution in [-0.2, 0) is 0 Å². The average molecular weight is 183 g/mol. The maximum Gasteiger partial charge on any atom is 0.0144 e. The zero-order valence-electron chi connectivity index (χ0n) is 7.61. The fourth-order valence-corrected chi connectivity index (χ4v) is 1.60. The summed E-state index contributed by atoms with van der Waals surface area (Å²) in [5.41, 5.74) is 0. The summed E-state index contributed by atoms with van der Waals surface area (Å²) < 4.78 is 0. The molecule has 0 aromatic carbocycles. The van der Waals surface area contributed by atoms with E-state index in [4.69, 9.17) is 0 Å². The van der Waals surface area contributed by atoms with Crippen molar-refractivity contribution in [2.45, 2.75) is 26.0 Å². The molecule has 0 amide bonds. The van der Waals surface area contributed by atoms with Crippen LogP contribution in [0.1, 0.15) is 20.8 Å². The Morgan fingerprint density at radius 1 is 1.27 bits per heavy atom. The molecule has 5 N–H and O–H groups in total. The van der Waals surface area contributed by atoms with Gasteiger partial charge in [0, 0.05) is 24.1 Å². The van der Waals surface area contributed by atoms with E-state index in [1.165, 1.54) is 18.8 Å². The largest absolute Gasteiger partial charge is 0.412 e. The Morgan fingerprint density at radius 2 is 1.82 bits per heavy atom. The fraction of sp³-hybridized carbons (Fsp3) is 1.00. The van der Waals surface area contributed by atoms with Gasteiger partial charge in [0.1, 0.15) is 0 Å². The van der Waals surface area contributed by atoms with Gasteiger partial charge in [-0.3, -0.25) is 0 Å². The van der Waals surface area contributed by atoms with Crippen molar-refractivity contribution >= 4 is 11.8 Å². The van der Waals surface area contributed by atoms with E-state index in [0.29, 0.717) is 0 Å². The second-order valence-electron chi connectivity index (χ2n) is 1.89. The summed E-state index contributed by atoms with van der Waals surface area (Å²) in [5.74, 6) is 1.29. The van der Waals surface area contributed by atoms with Crippen LogP contribution in [0.4, 0.5) is 0 Å². The van der Waals surface area contributed by atoms with Crippen LogP contribution in [0, 0.1) is 0 Å². The molecule has 0 saturated carbocycles. The van der Waals surface area contributed by atoms with Crippen LogP contribution in [0.2, 0.25) is 0 Å². The van der Waals surface area contributed by atoms with Gasteiger partial charge in [0.15, 0.2) is 0 Å². The van der Waals surface area contributed by atoms with Gasteiger partial charge in [-0.15, -0.1) is 0 Å². The average Bonchev–Trinajstić information content (AvgIpc) is 1.94. The summed E-state index contributed by atoms with van der Waals surface area (Å²) in [6, 6.07) is 0. The molecule has 0 aromatic heterocycles. The lowest BCUT2D eigenvalue weighted by atomic mass is 10.4. The van der Waals surface area contributed by atoms with Crippen LogP contribution in [0.3, 0.4) is 0 Å². The summed E-state index contributed by atoms with van der Waals surface area (Å²) in [6.07, 6.45) is 0. The third-order valence-electron chi connectivity index (χ3n) is 1.11. The lowest BCUT2D eigenvalue weighted by molar-refractivity contribution is 0.695. The van der Waals surface area contributed by atoms with E-state index in [9.17, 15) is 0 Å². The summed E-state index contributed by atoms with van der Waals surface area (Å²) in [4.78, 5) is 0. The topological polar surface area (TPSA) is 75.0 Å². The van der Waals surface area contributed by atoms with Crippen molar-refractivity contribution in [2.24, 2.45) is 0 Å². The minimum Gasteiger partial charge on any atom is -0.412 e. The van der Waals surface area contributed by atoms with Crippen LogP contribution in [0.5, 0.6) is 0 Å². The van der Waals surface area contributed by atoms with E-state index >= 15 is 0 Å². The predicted octanol–water partition coefficient (Wildman–Crippen LogP) is 0.0881. The Kier molecular flexibility index (Phi) is 20.3. The second kappa shape index (κ2) is 12.9. The monoisotopic (exact) mass is 183 g/mol. The van der Waals surface area contributed by atoms with Gasteiger partial charge in [-0.25, -0.2) is 0 Å². The number of rotatable bonds is 0. The molecule has 3 nitrogen and oxygen atoms in total. The lowest BCUT2D eigenvalue weighted by Crippen LogP contribution is -2.30. The van der Waals surface area contributed by atoms with Gasteiger partial charge in [-0.1, -0.05) is 20.8 Å². The smallest absolute Gasteiger partial charge is 0.0144 e. The van der Waals surface area contributed by atoms with Crippen molar-refractivity contribution in [3.05, 3.63) is 0 Å². The molecular weight excluding hydrogens is 162 g/mol. The number of hydrogen-bond acceptors (Lipinski definition) is 2. The fourth-order valence-electron chi connectivity index (χ4n) is 0.697. The van der Waals surface area contributed by atoms with Crippen molar-refractivity contribution in [1.82, 2.24) is 5.32 Å². The van der Waals surface area contributed by atoms with Crippen LogP contribution >= 0.6 is 11.8 Å². The van der Waals surface area contributed by atoms with Crippen LogP contribution in [-0.4, -0.2) is 35.0 Å². The van der Waals surface area contributed by atoms with Crippen molar-refractivity contribution in [2.75, 3.05) is 18.8 Å². The third kappa shape index (κ3) is 10.2. The quantitative estimate of drug-likeness (QED) is 0.578. The Hall–Kier alpha value is 0.230. The van der Waals surface area contributed by atoms with E-state index in [1.807, 2.05) is 13.8 Å². The molecule has 1 saturated heterocycles. The van der Waals surface area contributed by atoms with E-state index < -0.39 is 0 Å². The molecule has 11 heavy (non-hydrogen) atoms. The molecule has 0 aliphatic carbocycles. The van der Waals surface area contributed by atoms with Gasteiger partial charge < -0.3 is 16.3 Å². The van der Waals surface area contributed by atoms with E-state index in [-0.39, 0.29) is 11.0 Å². The molecule has 1 aliphatic rings. The molecule has 0 bridgehead atoms. The SMILES string of the molecule is CC.CC1CNCCS1.O.O. The zero-order chi connectivity index (χ0) is 7.11. The van der Waals surface area contributed by atoms with Crippen LogP contribution < -0.4 is 5.32 Å². The first kappa shape index (κ1) is 17.4. The normalized spacial score (nSPS) is 21.5. The molecule has 0 radical (unpaired) electrons. The van der Waals surface area contributed by atoms with Gasteiger partial charge in [0.25, 0.3) is 0 Å². The minimum absolute atomic E-state index is 0. The molecule has 1 unspecified atom stereocenters. The summed E-state index contributed by atoms with van der Waals surface area (Å²) in [5, 5.41) is 4.16. The number of thioether (sulfide) groups is 1. The van der Waals surface area contributed by atoms with E-state index in [2.05, 4.69) is 24.0 Å². The molecule has 1 atom stereocenters. The summed E-state index contributed by atoms with van der Waals surface area (Å²) in [6.45, 7) is 8.66. The van der Waals surface area contributed by atoms with Gasteiger partial charge in [0.2, 0.25) is 0 Å². The summed E-state index contributed by atoms with van der Waals surface area (Å²) in [7, 11) is 0. The Balaban J connectivity index is -0.000000149. The van der Waals surface area contributed by atoms with Gasteiger partial charge in [-0.2, -0.15) is 11.8 Å². The Morgan fingerprint density at radius 3 is 2.00 bits per heavy atom. The Bertz CT molecular complexity index is 58.4. The highest BCUT2D eigenvalue weighted by molar-refractivity contribution is 7.99. The molecular formula is C7H21NO2S. The van der Waals surface area contributed by atoms with E-state index in [0.717, 1.165) is 5.25 Å². The number of hydrogen-bond donors (Lipinski definition) is 1. The van der Waals surface area contributed by atoms with Crippen LogP contribution in [0.15, 0.2) is 0 Å². The first-order valence-electron chi connectivity index (χ1n) is 3.72. The van der Waals surface area contributed by atoms with Crippen LogP contribution in [0.25, 0.3) is 0 Å². The molecule has 1 heterocycles. The molecule has 1 aliphatic heterocycles. The van der Waals surface area contributed by atoms with Crippen molar-refractivity contribution in [3.8, 4) is 0 Å². The third-order valence-corrected chi connectivity index (χ3v) is 2.29. The highest BCUT2D eigenvalue weighted by atomic mass is 32.2. The van der Waals surface area contributed by atoms with Crippen molar-refractivity contribution < 1.29 is 11.0 Å². The van der Waals surface area contributed by atoms with Crippen molar-refractivity contribution in [1.29, 1.82) is 0 Å². The number of nitrogens with one attached hydrogen (secondary N) is 1. The Labute approximate surface area is 73.6 Å². The zero-order valence-corrected chi connectivity index (χ0v) is 8.42. The molecule has 0 aromatic rings. The molecule has 4 heteroatoms. The maximum atomic E-state index is 3.31. The van der Waals surface area contributed by atoms with Gasteiger partial charge >= 0.3 is 0 Å². The molecule has 0 spiro atoms. The molecule has 1 rings (SSSR count). The van der Waals surface area contributed by atoms with Gasteiger partial charge in [-0.05, 0) is 0 Å². The van der Waals surface area contributed by atoms with E-state index in [1.54, 1.807) is 0 Å². The minimum atomic E-state index is 0. The lowest BCUT2D eigenvalue weighted by Gasteiger charge is -2.17. The predicted molar refractivity (Wildman–Crippen MR) is 53.4 cm³/mol. The second-order valence-corrected chi connectivity index (χ2v) is 3.43. The summed E-state index contributed by atoms with van der Waals surface area (Å²) >= 11 is 2.06. The maximum absolute atomic E-state index is 3.31. The van der Waals surface area contributed by atoms with Gasteiger partial charge in [0.05, 0.1) is 0 Å². The first-order valence-corrected chi connectivity index (χ1v) is 4.77. The highest BCUT2D eigenvalue weighted by Gasteiger charge is 2.05. The molecule has 1 fully saturated rings.